The molecule has 2 atom stereocenters. The molecule has 2 aromatic rings. The molecule has 7 heteroatoms. The van der Waals surface area contributed by atoms with E-state index in [4.69, 9.17) is 14.6 Å². The number of carboxylic acid groups (broad SMARTS) is 1. The number of para-hydroxylation sites is 1. The number of aliphatic hydroxyl groups excluding tert-OH is 1. The lowest BCUT2D eigenvalue weighted by Crippen LogP contribution is -2.25. The van der Waals surface area contributed by atoms with E-state index < -0.39 is 5.97 Å². The molecule has 6 nitrogen and oxygen atoms in total. The summed E-state index contributed by atoms with van der Waals surface area (Å²) in [5.74, 6) is -0.311. The van der Waals surface area contributed by atoms with Crippen LogP contribution in [0.2, 0.25) is 0 Å². The van der Waals surface area contributed by atoms with Gasteiger partial charge in [-0.2, -0.15) is 0 Å². The van der Waals surface area contributed by atoms with Crippen molar-refractivity contribution in [3.05, 3.63) is 51.7 Å². The molecule has 1 heterocycles. The zero-order valence-electron chi connectivity index (χ0n) is 14.8. The highest BCUT2D eigenvalue weighted by Gasteiger charge is 2.35. The SMILES string of the molecule is O=C(O)c1ccc(COC[C@H]2CCC(=O)[C@@H]2COc2ccccc2CO)s1. The standard InChI is InChI=1S/C20H22O6S/c21-9-13-3-1-2-4-18(13)26-12-16-14(5-7-17(16)22)10-25-11-15-6-8-19(27-15)20(23)24/h1-4,6,8,14,16,21H,5,7,9-12H2,(H,23,24)/t14-,16-/m1/s1. The number of benzene rings is 1. The van der Waals surface area contributed by atoms with Crippen LogP contribution in [0.25, 0.3) is 0 Å². The van der Waals surface area contributed by atoms with Gasteiger partial charge in [0.15, 0.2) is 0 Å². The minimum absolute atomic E-state index is 0.0812. The number of carboxylic acids is 1. The summed E-state index contributed by atoms with van der Waals surface area (Å²) in [6.07, 6.45) is 1.28. The fourth-order valence-corrected chi connectivity index (χ4v) is 4.03. The third kappa shape index (κ3) is 4.94. The molecule has 1 saturated carbocycles. The third-order valence-electron chi connectivity index (χ3n) is 4.75. The van der Waals surface area contributed by atoms with Crippen molar-refractivity contribution in [2.24, 2.45) is 11.8 Å². The molecule has 27 heavy (non-hydrogen) atoms. The van der Waals surface area contributed by atoms with Gasteiger partial charge in [0.1, 0.15) is 16.4 Å². The van der Waals surface area contributed by atoms with Crippen LogP contribution in [0.3, 0.4) is 0 Å². The molecule has 1 fully saturated rings. The zero-order valence-corrected chi connectivity index (χ0v) is 15.6. The molecule has 0 aliphatic heterocycles. The molecule has 144 valence electrons. The second-order valence-corrected chi connectivity index (χ2v) is 7.70. The zero-order chi connectivity index (χ0) is 19.2. The molecule has 1 aromatic heterocycles. The largest absolute Gasteiger partial charge is 0.492 e. The molecular formula is C20H22O6S. The Morgan fingerprint density at radius 1 is 1.19 bits per heavy atom. The number of thiophene rings is 1. The fourth-order valence-electron chi connectivity index (χ4n) is 3.24. The highest BCUT2D eigenvalue weighted by molar-refractivity contribution is 7.13. The molecule has 1 aliphatic carbocycles. The van der Waals surface area contributed by atoms with Gasteiger partial charge < -0.3 is 19.7 Å². The smallest absolute Gasteiger partial charge is 0.345 e. The first-order chi connectivity index (χ1) is 13.1. The summed E-state index contributed by atoms with van der Waals surface area (Å²) in [4.78, 5) is 24.3. The quantitative estimate of drug-likeness (QED) is 0.683. The summed E-state index contributed by atoms with van der Waals surface area (Å²) in [6, 6.07) is 10.6. The Morgan fingerprint density at radius 2 is 2.00 bits per heavy atom. The topological polar surface area (TPSA) is 93.1 Å². The van der Waals surface area contributed by atoms with Crippen LogP contribution in [-0.4, -0.2) is 35.2 Å². The van der Waals surface area contributed by atoms with Gasteiger partial charge in [-0.15, -0.1) is 11.3 Å². The normalized spacial score (nSPS) is 19.4. The number of rotatable bonds is 9. The monoisotopic (exact) mass is 390 g/mol. The van der Waals surface area contributed by atoms with Crippen LogP contribution in [0.4, 0.5) is 0 Å². The summed E-state index contributed by atoms with van der Waals surface area (Å²) >= 11 is 1.20. The van der Waals surface area contributed by atoms with Gasteiger partial charge in [0.05, 0.1) is 32.3 Å². The van der Waals surface area contributed by atoms with Crippen molar-refractivity contribution in [2.75, 3.05) is 13.2 Å². The Morgan fingerprint density at radius 3 is 2.74 bits per heavy atom. The Bertz CT molecular complexity index is 799. The number of carbonyl (C=O) groups excluding carboxylic acids is 1. The number of ketones is 1. The lowest BCUT2D eigenvalue weighted by atomic mass is 9.97. The Hall–Kier alpha value is -2.22. The Labute approximate surface area is 161 Å². The van der Waals surface area contributed by atoms with Crippen LogP contribution in [-0.2, 0) is 22.7 Å². The highest BCUT2D eigenvalue weighted by Crippen LogP contribution is 2.31. The second-order valence-electron chi connectivity index (χ2n) is 6.53. The Balaban J connectivity index is 1.52. The molecule has 1 aliphatic rings. The van der Waals surface area contributed by atoms with E-state index in [9.17, 15) is 14.7 Å². The summed E-state index contributed by atoms with van der Waals surface area (Å²) in [5.41, 5.74) is 0.697. The number of hydrogen-bond donors (Lipinski definition) is 2. The Kier molecular flexibility index (Phi) is 6.60. The fraction of sp³-hybridized carbons (Fsp3) is 0.400. The first-order valence-corrected chi connectivity index (χ1v) is 9.64. The van der Waals surface area contributed by atoms with Crippen LogP contribution in [0.1, 0.15) is 33.0 Å². The molecule has 2 N–H and O–H groups in total. The van der Waals surface area contributed by atoms with E-state index in [2.05, 4.69) is 0 Å². The van der Waals surface area contributed by atoms with E-state index in [0.29, 0.717) is 35.8 Å². The van der Waals surface area contributed by atoms with Crippen molar-refractivity contribution in [2.45, 2.75) is 26.1 Å². The molecule has 0 bridgehead atoms. The average Bonchev–Trinajstić information content (AvgIpc) is 3.28. The van der Waals surface area contributed by atoms with Gasteiger partial charge in [-0.1, -0.05) is 18.2 Å². The van der Waals surface area contributed by atoms with Crippen molar-refractivity contribution < 1.29 is 29.3 Å². The van der Waals surface area contributed by atoms with Gasteiger partial charge in [0, 0.05) is 16.9 Å². The average molecular weight is 390 g/mol. The van der Waals surface area contributed by atoms with Crippen LogP contribution in [0.15, 0.2) is 36.4 Å². The van der Waals surface area contributed by atoms with Gasteiger partial charge >= 0.3 is 5.97 Å². The first kappa shape index (κ1) is 19.5. The molecule has 1 aromatic carbocycles. The maximum Gasteiger partial charge on any atom is 0.345 e. The predicted octanol–water partition coefficient (Wildman–Crippen LogP) is 3.13. The van der Waals surface area contributed by atoms with E-state index in [1.807, 2.05) is 12.1 Å². The number of hydrogen-bond acceptors (Lipinski definition) is 6. The molecular weight excluding hydrogens is 368 g/mol. The predicted molar refractivity (Wildman–Crippen MR) is 100 cm³/mol. The van der Waals surface area contributed by atoms with Crippen molar-refractivity contribution in [3.63, 3.8) is 0 Å². The molecule has 0 saturated heterocycles. The maximum atomic E-state index is 12.2. The van der Waals surface area contributed by atoms with Crippen molar-refractivity contribution >= 4 is 23.1 Å². The minimum atomic E-state index is -0.937. The van der Waals surface area contributed by atoms with E-state index in [1.54, 1.807) is 24.3 Å². The number of ether oxygens (including phenoxy) is 2. The van der Waals surface area contributed by atoms with E-state index in [-0.39, 0.29) is 30.8 Å². The van der Waals surface area contributed by atoms with E-state index >= 15 is 0 Å². The lowest BCUT2D eigenvalue weighted by molar-refractivity contribution is -0.122. The minimum Gasteiger partial charge on any atom is -0.492 e. The van der Waals surface area contributed by atoms with Gasteiger partial charge in [-0.3, -0.25) is 4.79 Å². The van der Waals surface area contributed by atoms with Gasteiger partial charge in [0.25, 0.3) is 0 Å². The molecule has 0 amide bonds. The van der Waals surface area contributed by atoms with Crippen LogP contribution in [0.5, 0.6) is 5.75 Å². The first-order valence-electron chi connectivity index (χ1n) is 8.82. The molecule has 0 radical (unpaired) electrons. The number of aliphatic hydroxyl groups is 1. The number of aromatic carboxylic acids is 1. The third-order valence-corrected chi connectivity index (χ3v) is 5.80. The van der Waals surface area contributed by atoms with Crippen LogP contribution < -0.4 is 4.74 Å². The maximum absolute atomic E-state index is 12.2. The summed E-state index contributed by atoms with van der Waals surface area (Å²) in [7, 11) is 0. The van der Waals surface area contributed by atoms with Crippen molar-refractivity contribution in [1.82, 2.24) is 0 Å². The van der Waals surface area contributed by atoms with Crippen LogP contribution >= 0.6 is 11.3 Å². The van der Waals surface area contributed by atoms with E-state index in [1.165, 1.54) is 11.3 Å². The molecule has 0 unspecified atom stereocenters. The van der Waals surface area contributed by atoms with E-state index in [0.717, 1.165) is 11.3 Å². The molecule has 3 rings (SSSR count). The van der Waals surface area contributed by atoms with Crippen LogP contribution in [0, 0.1) is 11.8 Å². The van der Waals surface area contributed by atoms with Crippen molar-refractivity contribution in [1.29, 1.82) is 0 Å². The lowest BCUT2D eigenvalue weighted by Gasteiger charge is -2.19. The van der Waals surface area contributed by atoms with Gasteiger partial charge in [0.2, 0.25) is 0 Å². The summed E-state index contributed by atoms with van der Waals surface area (Å²) in [6.45, 7) is 0.928. The second kappa shape index (κ2) is 9.12. The highest BCUT2D eigenvalue weighted by atomic mass is 32.1. The summed E-state index contributed by atoms with van der Waals surface area (Å²) in [5, 5.41) is 18.3. The molecule has 0 spiro atoms. The van der Waals surface area contributed by atoms with Crippen molar-refractivity contribution in [3.8, 4) is 5.75 Å². The summed E-state index contributed by atoms with van der Waals surface area (Å²) < 4.78 is 11.5. The van der Waals surface area contributed by atoms with Gasteiger partial charge in [-0.25, -0.2) is 4.79 Å². The van der Waals surface area contributed by atoms with Gasteiger partial charge in [-0.05, 0) is 30.5 Å². The number of Topliss-reactive ketones (excluding diaryl/α,β-unsaturated/α-hetero) is 1. The number of carbonyl (C=O) groups is 2.